The Morgan fingerprint density at radius 1 is 1.24 bits per heavy atom. The number of aryl methyl sites for hydroxylation is 2. The van der Waals surface area contributed by atoms with Gasteiger partial charge in [-0.3, -0.25) is 9.78 Å². The molecule has 0 aliphatic rings. The van der Waals surface area contributed by atoms with E-state index in [9.17, 15) is 4.79 Å². The largest absolute Gasteiger partial charge is 0.439 e. The summed E-state index contributed by atoms with van der Waals surface area (Å²) in [5.41, 5.74) is 2.73. The van der Waals surface area contributed by atoms with Gasteiger partial charge in [-0.05, 0) is 19.1 Å². The average molecular weight is 347 g/mol. The maximum absolute atomic E-state index is 12.2. The van der Waals surface area contributed by atoms with Crippen LogP contribution >= 0.6 is 15.9 Å². The highest BCUT2D eigenvalue weighted by atomic mass is 79.9. The molecule has 0 atom stereocenters. The minimum Gasteiger partial charge on any atom is -0.439 e. The summed E-state index contributed by atoms with van der Waals surface area (Å²) >= 11 is 3.39. The van der Waals surface area contributed by atoms with Gasteiger partial charge in [-0.1, -0.05) is 15.9 Å². The van der Waals surface area contributed by atoms with Crippen LogP contribution < -0.4 is 5.32 Å². The second kappa shape index (κ2) is 5.25. The molecule has 0 radical (unpaired) electrons. The van der Waals surface area contributed by atoms with Crippen LogP contribution in [-0.2, 0) is 0 Å². The lowest BCUT2D eigenvalue weighted by Gasteiger charge is -2.05. The number of halogens is 1. The zero-order valence-corrected chi connectivity index (χ0v) is 12.9. The molecule has 0 saturated carbocycles. The van der Waals surface area contributed by atoms with Crippen LogP contribution in [0.1, 0.15) is 22.1 Å². The third-order valence-electron chi connectivity index (χ3n) is 2.82. The lowest BCUT2D eigenvalue weighted by Crippen LogP contribution is -2.14. The van der Waals surface area contributed by atoms with Crippen LogP contribution in [-0.4, -0.2) is 20.9 Å². The summed E-state index contributed by atoms with van der Waals surface area (Å²) < 4.78 is 6.33. The van der Waals surface area contributed by atoms with Gasteiger partial charge in [0.05, 0.1) is 17.6 Å². The van der Waals surface area contributed by atoms with Gasteiger partial charge in [0.15, 0.2) is 11.5 Å². The maximum atomic E-state index is 12.2. The Morgan fingerprint density at radius 2 is 2.05 bits per heavy atom. The summed E-state index contributed by atoms with van der Waals surface area (Å²) in [5.74, 6) is 0.185. The number of carbonyl (C=O) groups excluding carboxylic acids is 1. The monoisotopic (exact) mass is 346 g/mol. The van der Waals surface area contributed by atoms with Crippen molar-refractivity contribution in [1.29, 1.82) is 0 Å². The second-order valence-corrected chi connectivity index (χ2v) is 5.45. The van der Waals surface area contributed by atoms with Crippen LogP contribution in [0, 0.1) is 13.8 Å². The summed E-state index contributed by atoms with van der Waals surface area (Å²) in [6.07, 6.45) is 2.98. The van der Waals surface area contributed by atoms with E-state index in [2.05, 4.69) is 36.2 Å². The van der Waals surface area contributed by atoms with Crippen molar-refractivity contribution in [2.75, 3.05) is 5.32 Å². The molecule has 6 nitrogen and oxygen atoms in total. The van der Waals surface area contributed by atoms with E-state index in [4.69, 9.17) is 4.42 Å². The Morgan fingerprint density at radius 3 is 2.76 bits per heavy atom. The lowest BCUT2D eigenvalue weighted by atomic mass is 10.2. The van der Waals surface area contributed by atoms with Gasteiger partial charge in [0.1, 0.15) is 11.2 Å². The van der Waals surface area contributed by atoms with Crippen molar-refractivity contribution in [3.05, 3.63) is 46.3 Å². The van der Waals surface area contributed by atoms with Crippen molar-refractivity contribution in [1.82, 2.24) is 15.0 Å². The Kier molecular flexibility index (Phi) is 3.42. The van der Waals surface area contributed by atoms with E-state index < -0.39 is 0 Å². The normalized spacial score (nSPS) is 10.8. The molecular formula is C14H11BrN4O2. The number of hydrogen-bond donors (Lipinski definition) is 1. The molecule has 21 heavy (non-hydrogen) atoms. The highest BCUT2D eigenvalue weighted by Gasteiger charge is 2.14. The number of nitrogens with one attached hydrogen (secondary N) is 1. The topological polar surface area (TPSA) is 80.9 Å². The fraction of sp³-hybridized carbons (Fsp3) is 0.143. The third-order valence-corrected chi connectivity index (χ3v) is 3.28. The number of aromatic nitrogens is 3. The summed E-state index contributed by atoms with van der Waals surface area (Å²) in [6.45, 7) is 3.56. The highest BCUT2D eigenvalue weighted by Crippen LogP contribution is 2.29. The van der Waals surface area contributed by atoms with Crippen LogP contribution in [0.25, 0.3) is 11.1 Å². The van der Waals surface area contributed by atoms with E-state index in [1.54, 1.807) is 19.2 Å². The number of benzene rings is 1. The zero-order valence-electron chi connectivity index (χ0n) is 11.3. The first-order valence-electron chi connectivity index (χ1n) is 6.19. The molecule has 106 valence electrons. The van der Waals surface area contributed by atoms with Gasteiger partial charge in [-0.2, -0.15) is 0 Å². The van der Waals surface area contributed by atoms with Gasteiger partial charge >= 0.3 is 0 Å². The molecule has 2 heterocycles. The van der Waals surface area contributed by atoms with E-state index in [-0.39, 0.29) is 11.6 Å². The molecule has 0 saturated heterocycles. The number of amides is 1. The van der Waals surface area contributed by atoms with Crippen LogP contribution in [0.2, 0.25) is 0 Å². The standard InChI is InChI=1S/C14H11BrN4O2/c1-7-5-17-12(6-16-7)14(20)19-11-4-9(15)3-10-13(11)21-8(2)18-10/h3-6H,1-2H3,(H,19,20). The summed E-state index contributed by atoms with van der Waals surface area (Å²) in [4.78, 5) is 24.6. The van der Waals surface area contributed by atoms with Crippen LogP contribution in [0.15, 0.2) is 33.4 Å². The van der Waals surface area contributed by atoms with Gasteiger partial charge in [-0.15, -0.1) is 0 Å². The molecule has 0 bridgehead atoms. The van der Waals surface area contributed by atoms with E-state index >= 15 is 0 Å². The van der Waals surface area contributed by atoms with Crippen molar-refractivity contribution < 1.29 is 9.21 Å². The van der Waals surface area contributed by atoms with Crippen LogP contribution in [0.4, 0.5) is 5.69 Å². The van der Waals surface area contributed by atoms with Gasteiger partial charge in [0, 0.05) is 17.6 Å². The van der Waals surface area contributed by atoms with E-state index in [0.29, 0.717) is 22.7 Å². The lowest BCUT2D eigenvalue weighted by molar-refractivity contribution is 0.102. The van der Waals surface area contributed by atoms with Crippen molar-refractivity contribution in [2.45, 2.75) is 13.8 Å². The van der Waals surface area contributed by atoms with Crippen molar-refractivity contribution in [3.8, 4) is 0 Å². The number of oxazole rings is 1. The van der Waals surface area contributed by atoms with Gasteiger partial charge in [-0.25, -0.2) is 9.97 Å². The molecule has 3 rings (SSSR count). The second-order valence-electron chi connectivity index (χ2n) is 4.53. The van der Waals surface area contributed by atoms with E-state index in [1.807, 2.05) is 13.0 Å². The summed E-state index contributed by atoms with van der Waals surface area (Å²) in [6, 6.07) is 3.58. The molecule has 0 aliphatic carbocycles. The molecule has 0 spiro atoms. The van der Waals surface area contributed by atoms with E-state index in [0.717, 1.165) is 10.2 Å². The molecule has 0 unspecified atom stereocenters. The number of nitrogens with zero attached hydrogens (tertiary/aromatic N) is 3. The van der Waals surface area contributed by atoms with Gasteiger partial charge in [0.2, 0.25) is 0 Å². The molecule has 3 aromatic rings. The third kappa shape index (κ3) is 2.78. The number of anilines is 1. The molecule has 1 aromatic carbocycles. The zero-order chi connectivity index (χ0) is 15.0. The smallest absolute Gasteiger partial charge is 0.275 e. The molecule has 7 heteroatoms. The predicted molar refractivity (Wildman–Crippen MR) is 81.2 cm³/mol. The Bertz CT molecular complexity index is 827. The molecule has 1 N–H and O–H groups in total. The minimum atomic E-state index is -0.351. The summed E-state index contributed by atoms with van der Waals surface area (Å²) in [7, 11) is 0. The molecule has 0 aliphatic heterocycles. The van der Waals surface area contributed by atoms with Crippen molar-refractivity contribution >= 4 is 38.6 Å². The predicted octanol–water partition coefficient (Wildman–Crippen LogP) is 3.25. The summed E-state index contributed by atoms with van der Waals surface area (Å²) in [5, 5.41) is 2.77. The highest BCUT2D eigenvalue weighted by molar-refractivity contribution is 9.10. The number of fused-ring (bicyclic) bond motifs is 1. The quantitative estimate of drug-likeness (QED) is 0.770. The van der Waals surface area contributed by atoms with Gasteiger partial charge < -0.3 is 9.73 Å². The Balaban J connectivity index is 1.97. The molecule has 2 aromatic heterocycles. The van der Waals surface area contributed by atoms with Crippen molar-refractivity contribution in [3.63, 3.8) is 0 Å². The van der Waals surface area contributed by atoms with E-state index in [1.165, 1.54) is 6.20 Å². The molecule has 1 amide bonds. The first-order valence-corrected chi connectivity index (χ1v) is 6.99. The number of hydrogen-bond acceptors (Lipinski definition) is 5. The Labute approximate surface area is 128 Å². The molecular weight excluding hydrogens is 336 g/mol. The van der Waals surface area contributed by atoms with Crippen LogP contribution in [0.5, 0.6) is 0 Å². The first-order chi connectivity index (χ1) is 10.0. The fourth-order valence-corrected chi connectivity index (χ4v) is 2.34. The van der Waals surface area contributed by atoms with Crippen LogP contribution in [0.3, 0.4) is 0 Å². The average Bonchev–Trinajstić information content (AvgIpc) is 2.79. The number of rotatable bonds is 2. The Hall–Kier alpha value is -2.28. The fourth-order valence-electron chi connectivity index (χ4n) is 1.90. The SMILES string of the molecule is Cc1cnc(C(=O)Nc2cc(Br)cc3nc(C)oc23)cn1. The number of carbonyl (C=O) groups is 1. The minimum absolute atomic E-state index is 0.241. The first kappa shape index (κ1) is 13.7. The van der Waals surface area contributed by atoms with Gasteiger partial charge in [0.25, 0.3) is 5.91 Å². The molecule has 0 fully saturated rings. The maximum Gasteiger partial charge on any atom is 0.275 e. The van der Waals surface area contributed by atoms with Crippen molar-refractivity contribution in [2.24, 2.45) is 0 Å².